The molecule has 0 radical (unpaired) electrons. The molecule has 0 saturated carbocycles. The van der Waals surface area contributed by atoms with Crippen LogP contribution in [0.4, 0.5) is 20.7 Å². The van der Waals surface area contributed by atoms with Gasteiger partial charge in [-0.1, -0.05) is 37.6 Å². The second kappa shape index (κ2) is 15.1. The van der Waals surface area contributed by atoms with E-state index in [1.807, 2.05) is 58.9 Å². The topological polar surface area (TPSA) is 138 Å². The van der Waals surface area contributed by atoms with Gasteiger partial charge in [-0.15, -0.1) is 0 Å². The maximum absolute atomic E-state index is 14.1. The molecule has 0 bridgehead atoms. The van der Waals surface area contributed by atoms with E-state index in [9.17, 15) is 14.0 Å². The lowest BCUT2D eigenvalue weighted by molar-refractivity contribution is -0.117. The van der Waals surface area contributed by atoms with Crippen LogP contribution in [0.3, 0.4) is 0 Å². The van der Waals surface area contributed by atoms with Crippen molar-refractivity contribution in [2.45, 2.75) is 91.0 Å². The lowest BCUT2D eigenvalue weighted by atomic mass is 9.91. The first-order chi connectivity index (χ1) is 21.6. The number of nitrogens with zero attached hydrogens (tertiary/aromatic N) is 5. The van der Waals surface area contributed by atoms with Gasteiger partial charge in [0.2, 0.25) is 5.91 Å². The number of likely N-dealkylation sites (tertiary alicyclic amines) is 1. The first-order valence-electron chi connectivity index (χ1n) is 15.2. The summed E-state index contributed by atoms with van der Waals surface area (Å²) in [5.74, 6) is 0.121. The summed E-state index contributed by atoms with van der Waals surface area (Å²) in [5, 5.41) is 5.78. The molecule has 2 atom stereocenters. The van der Waals surface area contributed by atoms with Crippen LogP contribution in [0.2, 0.25) is 5.15 Å². The van der Waals surface area contributed by atoms with E-state index in [4.69, 9.17) is 21.3 Å². The summed E-state index contributed by atoms with van der Waals surface area (Å²) in [5.41, 5.74) is 1.40. The van der Waals surface area contributed by atoms with Crippen molar-refractivity contribution in [2.24, 2.45) is 0 Å². The van der Waals surface area contributed by atoms with Gasteiger partial charge >= 0.3 is 6.09 Å². The third kappa shape index (κ3) is 8.87. The Morgan fingerprint density at radius 3 is 2.58 bits per heavy atom. The molecule has 1 fully saturated rings. The van der Waals surface area contributed by atoms with Crippen LogP contribution in [0, 0.1) is 5.82 Å². The van der Waals surface area contributed by atoms with Crippen LogP contribution < -0.4 is 10.6 Å². The molecule has 240 valence electrons. The van der Waals surface area contributed by atoms with Gasteiger partial charge in [-0.3, -0.25) is 9.78 Å². The summed E-state index contributed by atoms with van der Waals surface area (Å²) in [6.45, 7) is 9.45. The second-order valence-electron chi connectivity index (χ2n) is 11.5. The number of aromatic amines is 1. The summed E-state index contributed by atoms with van der Waals surface area (Å²) in [4.78, 5) is 48.9. The largest absolute Gasteiger partial charge is 0.444 e. The molecule has 2 unspecified atom stereocenters. The molecule has 11 nitrogen and oxygen atoms in total. The number of H-pyrrole nitrogens is 1. The Kier molecular flexibility index (Phi) is 11.3. The Bertz CT molecular complexity index is 1580. The lowest BCUT2D eigenvalue weighted by Gasteiger charge is -2.42. The minimum absolute atomic E-state index is 0.00456. The molecule has 1 saturated heterocycles. The van der Waals surface area contributed by atoms with Gasteiger partial charge in [-0.05, 0) is 64.3 Å². The Morgan fingerprint density at radius 2 is 1.84 bits per heavy atom. The van der Waals surface area contributed by atoms with E-state index in [2.05, 4.69) is 30.6 Å². The van der Waals surface area contributed by atoms with Crippen LogP contribution in [0.1, 0.15) is 71.8 Å². The van der Waals surface area contributed by atoms with Gasteiger partial charge < -0.3 is 25.3 Å². The predicted molar refractivity (Wildman–Crippen MR) is 172 cm³/mol. The number of halogens is 2. The van der Waals surface area contributed by atoms with E-state index < -0.39 is 23.6 Å². The third-order valence-electron chi connectivity index (χ3n) is 7.08. The minimum atomic E-state index is -0.714. The highest BCUT2D eigenvalue weighted by Gasteiger charge is 2.38. The zero-order valence-electron chi connectivity index (χ0n) is 26.2. The van der Waals surface area contributed by atoms with E-state index in [-0.39, 0.29) is 47.3 Å². The first kappa shape index (κ1) is 33.6. The summed E-state index contributed by atoms with van der Waals surface area (Å²) in [7, 11) is 0. The fourth-order valence-electron chi connectivity index (χ4n) is 5.23. The van der Waals surface area contributed by atoms with Crippen molar-refractivity contribution in [3.8, 4) is 0 Å². The average Bonchev–Trinajstić information content (AvgIpc) is 3.41. The van der Waals surface area contributed by atoms with Crippen LogP contribution in [-0.4, -0.2) is 59.5 Å². The van der Waals surface area contributed by atoms with Crippen molar-refractivity contribution in [2.75, 3.05) is 10.6 Å². The normalized spacial score (nSPS) is 16.5. The van der Waals surface area contributed by atoms with Crippen molar-refractivity contribution in [1.82, 2.24) is 29.8 Å². The number of fused-ring (bicyclic) bond motifs is 1. The van der Waals surface area contributed by atoms with Gasteiger partial charge in [0.25, 0.3) is 0 Å². The monoisotopic (exact) mass is 638 g/mol. The number of carbonyl (C=O) groups is 2. The standard InChI is InChI=1S/C30H34ClFN8O3.C2H6/c1-30(2,3)43-29(42)40-18(14-24-37-21-11-4-5-12-22(21)38-24)8-6-9-19(40)15-25(41)39-26-27(31)35-17-36-28(26)34-16-23-20(32)10-7-13-33-23;1-2/h4-5,7,10-13,17-19H,6,8-9,14-16H2,1-3H3,(H,37,38)(H,39,41)(H,34,35,36);1-2H3. The van der Waals surface area contributed by atoms with Gasteiger partial charge in [0.05, 0.1) is 23.3 Å². The quantitative estimate of drug-likeness (QED) is 0.177. The smallest absolute Gasteiger partial charge is 0.410 e. The number of hydrogen-bond acceptors (Lipinski definition) is 8. The van der Waals surface area contributed by atoms with E-state index in [1.54, 1.807) is 4.90 Å². The summed E-state index contributed by atoms with van der Waals surface area (Å²) in [6.07, 6.45) is 4.91. The van der Waals surface area contributed by atoms with Crippen molar-refractivity contribution in [3.05, 3.63) is 71.4 Å². The highest BCUT2D eigenvalue weighted by molar-refractivity contribution is 6.33. The van der Waals surface area contributed by atoms with Gasteiger partial charge in [-0.2, -0.15) is 0 Å². The molecule has 1 aromatic carbocycles. The number of benzene rings is 1. The molecule has 3 aromatic heterocycles. The Morgan fingerprint density at radius 1 is 1.09 bits per heavy atom. The zero-order valence-corrected chi connectivity index (χ0v) is 27.0. The summed E-state index contributed by atoms with van der Waals surface area (Å²) in [6, 6.07) is 9.91. The van der Waals surface area contributed by atoms with Crippen molar-refractivity contribution in [1.29, 1.82) is 0 Å². The average molecular weight is 639 g/mol. The predicted octanol–water partition coefficient (Wildman–Crippen LogP) is 6.91. The number of ether oxygens (including phenoxy) is 1. The molecule has 1 aliphatic heterocycles. The maximum Gasteiger partial charge on any atom is 0.410 e. The van der Waals surface area contributed by atoms with Gasteiger partial charge in [0.15, 0.2) is 11.0 Å². The molecule has 45 heavy (non-hydrogen) atoms. The molecule has 4 heterocycles. The molecule has 0 spiro atoms. The number of pyridine rings is 1. The van der Waals surface area contributed by atoms with Crippen LogP contribution in [-0.2, 0) is 22.5 Å². The molecule has 5 rings (SSSR count). The fourth-order valence-corrected chi connectivity index (χ4v) is 5.41. The number of carbonyl (C=O) groups excluding carboxylic acids is 2. The number of piperidine rings is 1. The Labute approximate surface area is 267 Å². The van der Waals surface area contributed by atoms with E-state index in [0.717, 1.165) is 29.7 Å². The number of rotatable bonds is 8. The number of amides is 2. The Balaban J connectivity index is 0.00000226. The van der Waals surface area contributed by atoms with Crippen LogP contribution in [0.5, 0.6) is 0 Å². The highest BCUT2D eigenvalue weighted by atomic mass is 35.5. The van der Waals surface area contributed by atoms with E-state index >= 15 is 0 Å². The van der Waals surface area contributed by atoms with Crippen LogP contribution in [0.25, 0.3) is 11.0 Å². The maximum atomic E-state index is 14.1. The van der Waals surface area contributed by atoms with Crippen LogP contribution in [0.15, 0.2) is 48.9 Å². The SMILES string of the molecule is CC.CC(C)(C)OC(=O)N1C(CC(=O)Nc2c(Cl)ncnc2NCc2ncccc2F)CCCC1Cc1nc2ccccc2[nH]1. The van der Waals surface area contributed by atoms with Crippen molar-refractivity contribution < 1.29 is 18.7 Å². The number of hydrogen-bond donors (Lipinski definition) is 3. The molecular formula is C32H40ClFN8O3. The van der Waals surface area contributed by atoms with Crippen LogP contribution >= 0.6 is 11.6 Å². The van der Waals surface area contributed by atoms with E-state index in [0.29, 0.717) is 12.8 Å². The summed E-state index contributed by atoms with van der Waals surface area (Å²) < 4.78 is 19.9. The minimum Gasteiger partial charge on any atom is -0.444 e. The zero-order chi connectivity index (χ0) is 32.6. The fraction of sp³-hybridized carbons (Fsp3) is 0.438. The number of para-hydroxylation sites is 2. The molecule has 3 N–H and O–H groups in total. The molecule has 0 aliphatic carbocycles. The van der Waals surface area contributed by atoms with Gasteiger partial charge in [0.1, 0.15) is 29.3 Å². The van der Waals surface area contributed by atoms with Gasteiger partial charge in [0, 0.05) is 31.1 Å². The molecule has 13 heteroatoms. The second-order valence-corrected chi connectivity index (χ2v) is 11.8. The highest BCUT2D eigenvalue weighted by Crippen LogP contribution is 2.31. The Hall–Kier alpha value is -4.32. The van der Waals surface area contributed by atoms with Crippen molar-refractivity contribution in [3.63, 3.8) is 0 Å². The molecule has 2 amide bonds. The number of imidazole rings is 1. The molecular weight excluding hydrogens is 599 g/mol. The van der Waals surface area contributed by atoms with Gasteiger partial charge in [-0.25, -0.2) is 24.1 Å². The summed E-state index contributed by atoms with van der Waals surface area (Å²) >= 11 is 6.34. The molecule has 4 aromatic rings. The number of anilines is 2. The van der Waals surface area contributed by atoms with E-state index in [1.165, 1.54) is 24.7 Å². The third-order valence-corrected chi connectivity index (χ3v) is 7.36. The number of aromatic nitrogens is 5. The molecule has 1 aliphatic rings. The number of nitrogens with one attached hydrogen (secondary N) is 3. The first-order valence-corrected chi connectivity index (χ1v) is 15.5. The van der Waals surface area contributed by atoms with Crippen molar-refractivity contribution >= 4 is 46.1 Å². The lowest BCUT2D eigenvalue weighted by Crippen LogP contribution is -2.53.